The minimum atomic E-state index is 0.741. The topological polar surface area (TPSA) is 41.6 Å². The SMILES string of the molecule is Cc1cnc(-c2ccc[nH]2)nc1. The molecular formula is C9H9N3. The van der Waals surface area contributed by atoms with E-state index in [0.29, 0.717) is 0 Å². The molecule has 0 amide bonds. The molecular weight excluding hydrogens is 150 g/mol. The molecule has 0 aliphatic carbocycles. The molecule has 60 valence electrons. The zero-order valence-corrected chi connectivity index (χ0v) is 6.78. The summed E-state index contributed by atoms with van der Waals surface area (Å²) in [7, 11) is 0. The largest absolute Gasteiger partial charge is 0.359 e. The van der Waals surface area contributed by atoms with E-state index in [0.717, 1.165) is 17.1 Å². The Labute approximate surface area is 70.5 Å². The number of aromatic nitrogens is 3. The second kappa shape index (κ2) is 2.77. The average molecular weight is 159 g/mol. The van der Waals surface area contributed by atoms with Crippen molar-refractivity contribution < 1.29 is 0 Å². The van der Waals surface area contributed by atoms with Gasteiger partial charge in [0.15, 0.2) is 5.82 Å². The minimum absolute atomic E-state index is 0.741. The maximum Gasteiger partial charge on any atom is 0.175 e. The predicted molar refractivity (Wildman–Crippen MR) is 46.6 cm³/mol. The second-order valence-corrected chi connectivity index (χ2v) is 2.67. The zero-order valence-electron chi connectivity index (χ0n) is 6.78. The lowest BCUT2D eigenvalue weighted by atomic mass is 10.3. The molecule has 0 unspecified atom stereocenters. The van der Waals surface area contributed by atoms with Gasteiger partial charge in [-0.3, -0.25) is 0 Å². The summed E-state index contributed by atoms with van der Waals surface area (Å²) in [6.07, 6.45) is 5.48. The van der Waals surface area contributed by atoms with Crippen LogP contribution in [0, 0.1) is 6.92 Å². The summed E-state index contributed by atoms with van der Waals surface area (Å²) in [6, 6.07) is 3.88. The summed E-state index contributed by atoms with van der Waals surface area (Å²) >= 11 is 0. The van der Waals surface area contributed by atoms with Gasteiger partial charge in [0, 0.05) is 18.6 Å². The van der Waals surface area contributed by atoms with Crippen molar-refractivity contribution >= 4 is 0 Å². The van der Waals surface area contributed by atoms with E-state index in [4.69, 9.17) is 0 Å². The number of H-pyrrole nitrogens is 1. The molecule has 1 N–H and O–H groups in total. The van der Waals surface area contributed by atoms with Gasteiger partial charge in [0.05, 0.1) is 5.69 Å². The van der Waals surface area contributed by atoms with Crippen molar-refractivity contribution in [1.82, 2.24) is 15.0 Å². The molecule has 3 nitrogen and oxygen atoms in total. The van der Waals surface area contributed by atoms with E-state index in [1.807, 2.05) is 37.6 Å². The van der Waals surface area contributed by atoms with Gasteiger partial charge in [-0.15, -0.1) is 0 Å². The van der Waals surface area contributed by atoms with E-state index < -0.39 is 0 Å². The van der Waals surface area contributed by atoms with Crippen LogP contribution in [-0.2, 0) is 0 Å². The van der Waals surface area contributed by atoms with Gasteiger partial charge in [-0.05, 0) is 24.6 Å². The fourth-order valence-corrected chi connectivity index (χ4v) is 1.00. The van der Waals surface area contributed by atoms with Crippen LogP contribution in [0.1, 0.15) is 5.56 Å². The molecule has 0 fully saturated rings. The van der Waals surface area contributed by atoms with Gasteiger partial charge in [0.25, 0.3) is 0 Å². The molecule has 2 rings (SSSR count). The van der Waals surface area contributed by atoms with E-state index in [1.165, 1.54) is 0 Å². The van der Waals surface area contributed by atoms with Gasteiger partial charge in [-0.2, -0.15) is 0 Å². The van der Waals surface area contributed by atoms with Crippen LogP contribution in [-0.4, -0.2) is 15.0 Å². The van der Waals surface area contributed by atoms with Crippen LogP contribution < -0.4 is 0 Å². The lowest BCUT2D eigenvalue weighted by Crippen LogP contribution is -1.88. The van der Waals surface area contributed by atoms with Crippen LogP contribution in [0.25, 0.3) is 11.5 Å². The van der Waals surface area contributed by atoms with Gasteiger partial charge in [-0.1, -0.05) is 0 Å². The molecule has 2 aromatic rings. The van der Waals surface area contributed by atoms with Crippen molar-refractivity contribution in [2.24, 2.45) is 0 Å². The smallest absolute Gasteiger partial charge is 0.175 e. The molecule has 0 radical (unpaired) electrons. The van der Waals surface area contributed by atoms with Crippen LogP contribution in [0.5, 0.6) is 0 Å². The zero-order chi connectivity index (χ0) is 8.39. The summed E-state index contributed by atoms with van der Waals surface area (Å²) in [5.74, 6) is 0.741. The molecule has 0 bridgehead atoms. The Kier molecular flexibility index (Phi) is 1.63. The summed E-state index contributed by atoms with van der Waals surface area (Å²) in [4.78, 5) is 11.4. The lowest BCUT2D eigenvalue weighted by Gasteiger charge is -1.95. The fraction of sp³-hybridized carbons (Fsp3) is 0.111. The Balaban J connectivity index is 2.43. The number of hydrogen-bond acceptors (Lipinski definition) is 2. The van der Waals surface area contributed by atoms with Gasteiger partial charge in [-0.25, -0.2) is 9.97 Å². The maximum absolute atomic E-state index is 4.18. The Morgan fingerprint density at radius 2 is 2.00 bits per heavy atom. The summed E-state index contributed by atoms with van der Waals surface area (Å²) in [6.45, 7) is 1.97. The third kappa shape index (κ3) is 1.21. The van der Waals surface area contributed by atoms with E-state index in [-0.39, 0.29) is 0 Å². The van der Waals surface area contributed by atoms with Crippen LogP contribution in [0.15, 0.2) is 30.7 Å². The molecule has 0 aromatic carbocycles. The highest BCUT2D eigenvalue weighted by Crippen LogP contribution is 2.09. The monoisotopic (exact) mass is 159 g/mol. The number of aryl methyl sites for hydroxylation is 1. The number of hydrogen-bond donors (Lipinski definition) is 1. The van der Waals surface area contributed by atoms with Crippen molar-refractivity contribution in [2.75, 3.05) is 0 Å². The Morgan fingerprint density at radius 3 is 2.58 bits per heavy atom. The number of nitrogens with one attached hydrogen (secondary N) is 1. The minimum Gasteiger partial charge on any atom is -0.359 e. The predicted octanol–water partition coefficient (Wildman–Crippen LogP) is 1.78. The van der Waals surface area contributed by atoms with Crippen LogP contribution in [0.2, 0.25) is 0 Å². The van der Waals surface area contributed by atoms with Crippen molar-refractivity contribution in [1.29, 1.82) is 0 Å². The molecule has 0 atom stereocenters. The highest BCUT2D eigenvalue weighted by molar-refractivity contribution is 5.48. The maximum atomic E-state index is 4.18. The molecule has 0 aliphatic heterocycles. The normalized spacial score (nSPS) is 10.1. The standard InChI is InChI=1S/C9H9N3/c1-7-5-11-9(12-6-7)8-3-2-4-10-8/h2-6,10H,1H3. The number of rotatable bonds is 1. The summed E-state index contributed by atoms with van der Waals surface area (Å²) in [5.41, 5.74) is 2.03. The first kappa shape index (κ1) is 7.03. The van der Waals surface area contributed by atoms with Gasteiger partial charge in [0.2, 0.25) is 0 Å². The van der Waals surface area contributed by atoms with E-state index in [2.05, 4.69) is 15.0 Å². The van der Waals surface area contributed by atoms with Gasteiger partial charge < -0.3 is 4.98 Å². The van der Waals surface area contributed by atoms with Crippen molar-refractivity contribution in [3.05, 3.63) is 36.3 Å². The molecule has 0 spiro atoms. The molecule has 12 heavy (non-hydrogen) atoms. The van der Waals surface area contributed by atoms with Gasteiger partial charge in [0.1, 0.15) is 0 Å². The summed E-state index contributed by atoms with van der Waals surface area (Å²) < 4.78 is 0. The lowest BCUT2D eigenvalue weighted by molar-refractivity contribution is 1.12. The molecule has 0 saturated carbocycles. The molecule has 0 saturated heterocycles. The number of aromatic amines is 1. The molecule has 2 aromatic heterocycles. The van der Waals surface area contributed by atoms with E-state index in [1.54, 1.807) is 0 Å². The second-order valence-electron chi connectivity index (χ2n) is 2.67. The Bertz CT molecular complexity index is 348. The molecule has 0 aliphatic rings. The average Bonchev–Trinajstić information content (AvgIpc) is 2.58. The third-order valence-electron chi connectivity index (χ3n) is 1.62. The Hall–Kier alpha value is -1.64. The Morgan fingerprint density at radius 1 is 1.25 bits per heavy atom. The summed E-state index contributed by atoms with van der Waals surface area (Å²) in [5, 5.41) is 0. The van der Waals surface area contributed by atoms with Crippen molar-refractivity contribution in [2.45, 2.75) is 6.92 Å². The molecule has 3 heteroatoms. The first-order valence-electron chi connectivity index (χ1n) is 3.78. The van der Waals surface area contributed by atoms with Crippen molar-refractivity contribution in [3.8, 4) is 11.5 Å². The first-order chi connectivity index (χ1) is 5.86. The first-order valence-corrected chi connectivity index (χ1v) is 3.78. The van der Waals surface area contributed by atoms with Crippen LogP contribution in [0.3, 0.4) is 0 Å². The fourth-order valence-electron chi connectivity index (χ4n) is 1.00. The van der Waals surface area contributed by atoms with Crippen LogP contribution >= 0.6 is 0 Å². The van der Waals surface area contributed by atoms with E-state index >= 15 is 0 Å². The van der Waals surface area contributed by atoms with E-state index in [9.17, 15) is 0 Å². The third-order valence-corrected chi connectivity index (χ3v) is 1.62. The quantitative estimate of drug-likeness (QED) is 0.689. The highest BCUT2D eigenvalue weighted by Gasteiger charge is 1.98. The van der Waals surface area contributed by atoms with Gasteiger partial charge >= 0.3 is 0 Å². The highest BCUT2D eigenvalue weighted by atomic mass is 14.9. The van der Waals surface area contributed by atoms with Crippen molar-refractivity contribution in [3.63, 3.8) is 0 Å². The van der Waals surface area contributed by atoms with Crippen LogP contribution in [0.4, 0.5) is 0 Å². The number of nitrogens with zero attached hydrogens (tertiary/aromatic N) is 2. The molecule has 2 heterocycles.